The summed E-state index contributed by atoms with van der Waals surface area (Å²) in [6.45, 7) is 6.80. The van der Waals surface area contributed by atoms with Crippen molar-refractivity contribution < 1.29 is 28.7 Å². The van der Waals surface area contributed by atoms with E-state index in [0.29, 0.717) is 22.4 Å². The number of aromatic nitrogens is 1. The van der Waals surface area contributed by atoms with E-state index in [0.717, 1.165) is 46.3 Å². The largest absolute Gasteiger partial charge is 0.462 e. The Hall–Kier alpha value is -4.46. The first-order valence-electron chi connectivity index (χ1n) is 13.2. The molecular formula is C31H30N2O6. The lowest BCUT2D eigenvalue weighted by atomic mass is 10.0. The lowest BCUT2D eigenvalue weighted by molar-refractivity contribution is -0.121. The molecule has 1 aliphatic heterocycles. The molecule has 5 rings (SSSR count). The molecule has 4 aromatic rings. The number of ether oxygens (including phenoxy) is 2. The molecule has 1 saturated heterocycles. The van der Waals surface area contributed by atoms with Gasteiger partial charge in [-0.3, -0.25) is 14.5 Å². The van der Waals surface area contributed by atoms with Gasteiger partial charge in [0.2, 0.25) is 11.8 Å². The van der Waals surface area contributed by atoms with Gasteiger partial charge < -0.3 is 14.0 Å². The van der Waals surface area contributed by atoms with Crippen molar-refractivity contribution in [3.8, 4) is 5.75 Å². The van der Waals surface area contributed by atoms with Crippen molar-refractivity contribution >= 4 is 51.1 Å². The topological polar surface area (TPSA) is 94.9 Å². The third-order valence-electron chi connectivity index (χ3n) is 7.11. The highest BCUT2D eigenvalue weighted by atomic mass is 16.5. The molecule has 0 radical (unpaired) electrons. The Bertz CT molecular complexity index is 1600. The summed E-state index contributed by atoms with van der Waals surface area (Å²) in [5.74, 6) is -1.19. The number of carbonyl (C=O) groups is 4. The van der Waals surface area contributed by atoms with Crippen LogP contribution >= 0.6 is 0 Å². The van der Waals surface area contributed by atoms with Crippen molar-refractivity contribution in [2.24, 2.45) is 0 Å². The molecule has 0 saturated carbocycles. The Morgan fingerprint density at radius 2 is 1.54 bits per heavy atom. The zero-order valence-electron chi connectivity index (χ0n) is 22.3. The van der Waals surface area contributed by atoms with Crippen LogP contribution in [-0.4, -0.2) is 34.9 Å². The zero-order valence-corrected chi connectivity index (χ0v) is 22.3. The predicted octanol–water partition coefficient (Wildman–Crippen LogP) is 5.95. The number of esters is 2. The first-order valence-corrected chi connectivity index (χ1v) is 13.2. The van der Waals surface area contributed by atoms with Crippen LogP contribution in [0.5, 0.6) is 5.75 Å². The number of aryl methyl sites for hydroxylation is 1. The molecule has 0 unspecified atom stereocenters. The molecule has 0 aliphatic carbocycles. The second-order valence-corrected chi connectivity index (χ2v) is 9.56. The molecule has 0 bridgehead atoms. The summed E-state index contributed by atoms with van der Waals surface area (Å²) in [5, 5.41) is 2.29. The number of hydrogen-bond acceptors (Lipinski definition) is 6. The maximum absolute atomic E-state index is 13.2. The monoisotopic (exact) mass is 526 g/mol. The Balaban J connectivity index is 1.57. The second kappa shape index (κ2) is 10.7. The third-order valence-corrected chi connectivity index (χ3v) is 7.11. The van der Waals surface area contributed by atoms with Crippen LogP contribution in [0.2, 0.25) is 0 Å². The molecule has 0 spiro atoms. The molecule has 0 atom stereocenters. The van der Waals surface area contributed by atoms with Gasteiger partial charge in [-0.05, 0) is 50.6 Å². The van der Waals surface area contributed by atoms with Gasteiger partial charge in [0.25, 0.3) is 0 Å². The minimum atomic E-state index is -0.593. The van der Waals surface area contributed by atoms with Crippen LogP contribution in [0.15, 0.2) is 54.6 Å². The Kier molecular flexibility index (Phi) is 7.19. The minimum Gasteiger partial charge on any atom is -0.462 e. The van der Waals surface area contributed by atoms with Crippen molar-refractivity contribution in [2.75, 3.05) is 11.5 Å². The molecule has 3 aromatic carbocycles. The number of rotatable bonds is 8. The molecule has 8 nitrogen and oxygen atoms in total. The molecule has 200 valence electrons. The van der Waals surface area contributed by atoms with E-state index in [1.807, 2.05) is 31.2 Å². The van der Waals surface area contributed by atoms with E-state index in [2.05, 4.69) is 11.5 Å². The van der Waals surface area contributed by atoms with Gasteiger partial charge in [0.1, 0.15) is 5.75 Å². The summed E-state index contributed by atoms with van der Waals surface area (Å²) in [6, 6.07) is 15.6. The fourth-order valence-corrected chi connectivity index (χ4v) is 5.22. The molecule has 1 aromatic heterocycles. The van der Waals surface area contributed by atoms with Crippen molar-refractivity contribution in [2.45, 2.75) is 53.0 Å². The van der Waals surface area contributed by atoms with E-state index in [1.165, 1.54) is 12.1 Å². The Morgan fingerprint density at radius 1 is 0.872 bits per heavy atom. The van der Waals surface area contributed by atoms with Crippen LogP contribution in [0.4, 0.5) is 5.69 Å². The normalized spacial score (nSPS) is 13.5. The van der Waals surface area contributed by atoms with E-state index < -0.39 is 11.9 Å². The van der Waals surface area contributed by atoms with Crippen LogP contribution in [0.1, 0.15) is 65.9 Å². The van der Waals surface area contributed by atoms with Gasteiger partial charge in [-0.1, -0.05) is 37.6 Å². The summed E-state index contributed by atoms with van der Waals surface area (Å²) >= 11 is 0. The fraction of sp³-hybridized carbons (Fsp3) is 0.290. The van der Waals surface area contributed by atoms with Gasteiger partial charge in [-0.25, -0.2) is 9.59 Å². The maximum Gasteiger partial charge on any atom is 0.343 e. The van der Waals surface area contributed by atoms with Crippen LogP contribution in [0.25, 0.3) is 21.7 Å². The van der Waals surface area contributed by atoms with Crippen LogP contribution < -0.4 is 9.64 Å². The number of fused-ring (bicyclic) bond motifs is 3. The molecule has 8 heteroatoms. The smallest absolute Gasteiger partial charge is 0.343 e. The first-order chi connectivity index (χ1) is 18.8. The summed E-state index contributed by atoms with van der Waals surface area (Å²) in [7, 11) is 0. The highest BCUT2D eigenvalue weighted by Gasteiger charge is 2.30. The molecule has 2 amide bonds. The Morgan fingerprint density at radius 3 is 2.18 bits per heavy atom. The van der Waals surface area contributed by atoms with Crippen molar-refractivity contribution in [1.29, 1.82) is 0 Å². The highest BCUT2D eigenvalue weighted by Crippen LogP contribution is 2.39. The van der Waals surface area contributed by atoms with E-state index >= 15 is 0 Å². The summed E-state index contributed by atoms with van der Waals surface area (Å²) in [5.41, 5.74) is 2.88. The number of unbranched alkanes of at least 4 members (excludes halogenated alkanes) is 1. The standard InChI is InChI=1S/C31H30N2O6/c1-4-6-17-32-19(3)28(31(37)38-5-2)24-18-25(22-9-7-8-10-23(22)29(24)32)39-30(36)20-11-13-21(14-12-20)33-26(34)15-16-27(33)35/h7-14,18H,4-6,15-17H2,1-3H3. The average molecular weight is 527 g/mol. The van der Waals surface area contributed by atoms with Crippen LogP contribution in [0.3, 0.4) is 0 Å². The first kappa shape index (κ1) is 26.2. The summed E-state index contributed by atoms with van der Waals surface area (Å²) in [6.07, 6.45) is 2.32. The summed E-state index contributed by atoms with van der Waals surface area (Å²) in [4.78, 5) is 51.5. The maximum atomic E-state index is 13.2. The van der Waals surface area contributed by atoms with E-state index in [9.17, 15) is 19.2 Å². The highest BCUT2D eigenvalue weighted by molar-refractivity contribution is 6.20. The van der Waals surface area contributed by atoms with Gasteiger partial charge >= 0.3 is 11.9 Å². The number of imide groups is 1. The van der Waals surface area contributed by atoms with Crippen molar-refractivity contribution in [3.05, 3.63) is 71.4 Å². The molecular weight excluding hydrogens is 496 g/mol. The number of amides is 2. The zero-order chi connectivity index (χ0) is 27.7. The number of anilines is 1. The lowest BCUT2D eigenvalue weighted by Gasteiger charge is -2.14. The SMILES string of the molecule is CCCCn1c(C)c(C(=O)OCC)c2cc(OC(=O)c3ccc(N4C(=O)CCC4=O)cc3)c3ccccc3c21. The number of carbonyl (C=O) groups excluding carboxylic acids is 4. The molecule has 0 N–H and O–H groups in total. The van der Waals surface area contributed by atoms with Gasteiger partial charge in [0.05, 0.1) is 28.9 Å². The van der Waals surface area contributed by atoms with Gasteiger partial charge in [0.15, 0.2) is 0 Å². The number of nitrogens with zero attached hydrogens (tertiary/aromatic N) is 2. The lowest BCUT2D eigenvalue weighted by Crippen LogP contribution is -2.28. The van der Waals surface area contributed by atoms with Crippen molar-refractivity contribution in [3.63, 3.8) is 0 Å². The van der Waals surface area contributed by atoms with Gasteiger partial charge in [0, 0.05) is 41.2 Å². The molecule has 2 heterocycles. The number of hydrogen-bond donors (Lipinski definition) is 0. The van der Waals surface area contributed by atoms with E-state index in [-0.39, 0.29) is 36.8 Å². The van der Waals surface area contributed by atoms with Gasteiger partial charge in [-0.2, -0.15) is 0 Å². The molecule has 1 fully saturated rings. The predicted molar refractivity (Wildman–Crippen MR) is 148 cm³/mol. The summed E-state index contributed by atoms with van der Waals surface area (Å²) < 4.78 is 13.5. The quantitative estimate of drug-likeness (QED) is 0.160. The molecule has 39 heavy (non-hydrogen) atoms. The van der Waals surface area contributed by atoms with Crippen LogP contribution in [-0.2, 0) is 20.9 Å². The third kappa shape index (κ3) is 4.67. The average Bonchev–Trinajstić information content (AvgIpc) is 3.42. The van der Waals surface area contributed by atoms with Crippen molar-refractivity contribution in [1.82, 2.24) is 4.57 Å². The second-order valence-electron chi connectivity index (χ2n) is 9.56. The van der Waals surface area contributed by atoms with E-state index in [4.69, 9.17) is 9.47 Å². The number of benzene rings is 3. The minimum absolute atomic E-state index is 0.186. The Labute approximate surface area is 226 Å². The van der Waals surface area contributed by atoms with Gasteiger partial charge in [-0.15, -0.1) is 0 Å². The van der Waals surface area contributed by atoms with Crippen LogP contribution in [0, 0.1) is 6.92 Å². The molecule has 1 aliphatic rings. The fourth-order valence-electron chi connectivity index (χ4n) is 5.22. The van der Waals surface area contributed by atoms with E-state index in [1.54, 1.807) is 25.1 Å².